The van der Waals surface area contributed by atoms with Crippen LogP contribution in [0.2, 0.25) is 0 Å². The summed E-state index contributed by atoms with van der Waals surface area (Å²) in [7, 11) is -3.30. The van der Waals surface area contributed by atoms with Crippen LogP contribution in [0.25, 0.3) is 0 Å². The van der Waals surface area contributed by atoms with Crippen LogP contribution in [0.4, 0.5) is 0 Å². The molecule has 0 amide bonds. The highest BCUT2D eigenvalue weighted by atomic mass is 32.2. The first-order valence-corrected chi connectivity index (χ1v) is 17.8. The molecule has 4 aliphatic carbocycles. The van der Waals surface area contributed by atoms with Crippen molar-refractivity contribution in [3.05, 3.63) is 0 Å². The van der Waals surface area contributed by atoms with E-state index in [0.29, 0.717) is 47.5 Å². The Labute approximate surface area is 238 Å². The molecule has 4 unspecified atom stereocenters. The van der Waals surface area contributed by atoms with Gasteiger partial charge in [-0.15, -0.1) is 0 Å². The summed E-state index contributed by atoms with van der Waals surface area (Å²) in [6, 6.07) is 0.528. The molecule has 0 saturated heterocycles. The minimum atomic E-state index is -3.30. The average Bonchev–Trinajstić information content (AvgIpc) is 3.19. The molecule has 0 aliphatic heterocycles. The fraction of sp³-hybridized carbons (Fsp3) is 0.968. The maximum absolute atomic E-state index is 12.6. The van der Waals surface area contributed by atoms with Gasteiger partial charge in [0.1, 0.15) is 0 Å². The Bertz CT molecular complexity index is 957. The Morgan fingerprint density at radius 2 is 1.67 bits per heavy atom. The van der Waals surface area contributed by atoms with E-state index in [9.17, 15) is 18.3 Å². The molecule has 39 heavy (non-hydrogen) atoms. The Morgan fingerprint density at radius 1 is 0.974 bits per heavy atom. The predicted molar refractivity (Wildman–Crippen MR) is 158 cm³/mol. The fourth-order valence-electron chi connectivity index (χ4n) is 10.2. The number of rotatable bonds is 12. The molecule has 8 heteroatoms. The summed E-state index contributed by atoms with van der Waals surface area (Å²) >= 11 is 0. The largest absolute Gasteiger partial charge is 0.481 e. The first-order chi connectivity index (χ1) is 18.2. The lowest BCUT2D eigenvalue weighted by Crippen LogP contribution is -2.62. The third-order valence-corrected chi connectivity index (χ3v) is 12.8. The molecule has 7 nitrogen and oxygen atoms in total. The molecule has 226 valence electrons. The molecule has 0 radical (unpaired) electrons. The second kappa shape index (κ2) is 12.3. The van der Waals surface area contributed by atoms with E-state index in [1.165, 1.54) is 38.4 Å². The molecular weight excluding hydrogens is 510 g/mol. The van der Waals surface area contributed by atoms with Crippen LogP contribution in [0, 0.1) is 52.3 Å². The fourth-order valence-corrected chi connectivity index (χ4v) is 11.0. The molecule has 4 fully saturated rings. The van der Waals surface area contributed by atoms with Crippen LogP contribution in [-0.4, -0.2) is 57.5 Å². The second-order valence-electron chi connectivity index (χ2n) is 14.8. The van der Waals surface area contributed by atoms with Gasteiger partial charge in [-0.1, -0.05) is 34.6 Å². The Morgan fingerprint density at radius 3 is 2.33 bits per heavy atom. The monoisotopic (exact) mass is 567 g/mol. The van der Waals surface area contributed by atoms with E-state index in [1.54, 1.807) is 0 Å². The lowest BCUT2D eigenvalue weighted by molar-refractivity contribution is -0.138. The van der Waals surface area contributed by atoms with Gasteiger partial charge in [0.05, 0.1) is 6.26 Å². The van der Waals surface area contributed by atoms with Crippen molar-refractivity contribution < 1.29 is 18.3 Å². The minimum absolute atomic E-state index is 0.0164. The average molecular weight is 568 g/mol. The van der Waals surface area contributed by atoms with Gasteiger partial charge in [-0.25, -0.2) is 13.1 Å². The quantitative estimate of drug-likeness (QED) is 0.251. The van der Waals surface area contributed by atoms with Crippen molar-refractivity contribution >= 4 is 16.0 Å². The highest BCUT2D eigenvalue weighted by Crippen LogP contribution is 2.68. The molecule has 4 N–H and O–H groups in total. The van der Waals surface area contributed by atoms with Gasteiger partial charge in [0.15, 0.2) is 0 Å². The zero-order valence-corrected chi connectivity index (χ0v) is 26.3. The molecule has 4 saturated carbocycles. The van der Waals surface area contributed by atoms with Crippen molar-refractivity contribution in [2.45, 2.75) is 111 Å². The van der Waals surface area contributed by atoms with Gasteiger partial charge in [0.25, 0.3) is 0 Å². The molecule has 0 aromatic carbocycles. The van der Waals surface area contributed by atoms with Crippen LogP contribution in [0.15, 0.2) is 0 Å². The van der Waals surface area contributed by atoms with Gasteiger partial charge >= 0.3 is 5.97 Å². The lowest BCUT2D eigenvalue weighted by atomic mass is 9.43. The number of hydrogen-bond acceptors (Lipinski definition) is 5. The summed E-state index contributed by atoms with van der Waals surface area (Å²) < 4.78 is 28.5. The predicted octanol–water partition coefficient (Wildman–Crippen LogP) is 4.88. The standard InChI is InChI=1S/C31H57N3O4S/c1-20(2)33-16-15-32-19-22-11-13-30(4)23(17-22)18-27(34-39(6,37)38)29-25-9-8-24(21(3)7-10-28(35)36)31(25,5)14-12-26(29)30/h20-27,29,32-34H,7-19H2,1-6H3,(H,35,36)/t21-,22?,23-,24-,25?,26?,27+,29?,30+,31-/m1/s1. The molecule has 10 atom stereocenters. The molecule has 0 heterocycles. The summed E-state index contributed by atoms with van der Waals surface area (Å²) in [5, 5.41) is 16.4. The van der Waals surface area contributed by atoms with E-state index in [-0.39, 0.29) is 23.3 Å². The topological polar surface area (TPSA) is 108 Å². The van der Waals surface area contributed by atoms with Crippen LogP contribution >= 0.6 is 0 Å². The van der Waals surface area contributed by atoms with Gasteiger partial charge in [-0.2, -0.15) is 0 Å². The zero-order chi connectivity index (χ0) is 28.6. The van der Waals surface area contributed by atoms with E-state index in [2.05, 4.69) is 50.0 Å². The SMILES string of the molecule is CC(C)NCCNCC1CC[C@]2(C)C3CC[C@@]4(C)C(CC[C@@H]4[C@H](C)CCC(=O)O)C3[C@@H](NS(C)(=O)=O)C[C@H]2C1. The number of carbonyl (C=O) groups is 1. The van der Waals surface area contributed by atoms with E-state index in [0.717, 1.165) is 45.3 Å². The lowest BCUT2D eigenvalue weighted by Gasteiger charge is -2.63. The van der Waals surface area contributed by atoms with Crippen LogP contribution in [0.3, 0.4) is 0 Å². The molecule has 0 aromatic heterocycles. The van der Waals surface area contributed by atoms with Crippen molar-refractivity contribution in [3.8, 4) is 0 Å². The van der Waals surface area contributed by atoms with Gasteiger partial charge in [0, 0.05) is 31.6 Å². The molecular formula is C31H57N3O4S. The number of nitrogens with one attached hydrogen (secondary N) is 3. The van der Waals surface area contributed by atoms with Gasteiger partial charge in [-0.3, -0.25) is 4.79 Å². The summed E-state index contributed by atoms with van der Waals surface area (Å²) in [6.45, 7) is 14.7. The van der Waals surface area contributed by atoms with Crippen molar-refractivity contribution in [2.24, 2.45) is 52.3 Å². The highest BCUT2D eigenvalue weighted by Gasteiger charge is 2.63. The Hall–Kier alpha value is -0.700. The number of hydrogen-bond donors (Lipinski definition) is 4. The normalized spacial score (nSPS) is 41.1. The molecule has 0 spiro atoms. The van der Waals surface area contributed by atoms with Crippen LogP contribution in [0.5, 0.6) is 0 Å². The number of carboxylic acid groups (broad SMARTS) is 1. The second-order valence-corrected chi connectivity index (χ2v) is 16.6. The zero-order valence-electron chi connectivity index (χ0n) is 25.5. The van der Waals surface area contributed by atoms with Gasteiger partial charge < -0.3 is 15.7 Å². The first kappa shape index (κ1) is 31.2. The van der Waals surface area contributed by atoms with Crippen molar-refractivity contribution in [3.63, 3.8) is 0 Å². The van der Waals surface area contributed by atoms with Crippen LogP contribution in [0.1, 0.15) is 98.8 Å². The van der Waals surface area contributed by atoms with Crippen LogP contribution < -0.4 is 15.4 Å². The minimum Gasteiger partial charge on any atom is -0.481 e. The maximum Gasteiger partial charge on any atom is 0.303 e. The number of fused-ring (bicyclic) bond motifs is 5. The third kappa shape index (κ3) is 6.86. The van der Waals surface area contributed by atoms with Crippen molar-refractivity contribution in [2.75, 3.05) is 25.9 Å². The number of sulfonamides is 1. The first-order valence-electron chi connectivity index (χ1n) is 15.9. The van der Waals surface area contributed by atoms with E-state index in [1.807, 2.05) is 0 Å². The van der Waals surface area contributed by atoms with Crippen molar-refractivity contribution in [1.82, 2.24) is 15.4 Å². The summed E-state index contributed by atoms with van der Waals surface area (Å²) in [5.74, 6) is 2.89. The molecule has 0 aromatic rings. The third-order valence-electron chi connectivity index (χ3n) is 12.1. The van der Waals surface area contributed by atoms with E-state index < -0.39 is 16.0 Å². The summed E-state index contributed by atoms with van der Waals surface area (Å²) in [4.78, 5) is 11.3. The molecule has 4 rings (SSSR count). The Kier molecular flexibility index (Phi) is 9.83. The molecule has 4 aliphatic rings. The maximum atomic E-state index is 12.6. The van der Waals surface area contributed by atoms with Gasteiger partial charge in [0.2, 0.25) is 10.0 Å². The van der Waals surface area contributed by atoms with E-state index >= 15 is 0 Å². The summed E-state index contributed by atoms with van der Waals surface area (Å²) in [6.07, 6.45) is 11.7. The van der Waals surface area contributed by atoms with E-state index in [4.69, 9.17) is 0 Å². The number of carboxylic acids is 1. The Balaban J connectivity index is 1.50. The highest BCUT2D eigenvalue weighted by molar-refractivity contribution is 7.88. The van der Waals surface area contributed by atoms with Gasteiger partial charge in [-0.05, 0) is 117 Å². The number of aliphatic carboxylic acids is 1. The van der Waals surface area contributed by atoms with Crippen LogP contribution in [-0.2, 0) is 14.8 Å². The smallest absolute Gasteiger partial charge is 0.303 e. The molecule has 0 bridgehead atoms. The van der Waals surface area contributed by atoms with Crippen molar-refractivity contribution in [1.29, 1.82) is 0 Å². The summed E-state index contributed by atoms with van der Waals surface area (Å²) in [5.41, 5.74) is 0.454.